The maximum Gasteiger partial charge on any atom is 0.349 e. The molecule has 1 aromatic rings. The van der Waals surface area contributed by atoms with Crippen molar-refractivity contribution < 1.29 is 19.2 Å². The molecule has 1 aliphatic rings. The van der Waals surface area contributed by atoms with Crippen LogP contribution in [-0.2, 0) is 9.53 Å². The van der Waals surface area contributed by atoms with E-state index in [9.17, 15) is 25.0 Å². The Kier molecular flexibility index (Phi) is 5.28. The molecule has 0 spiro atoms. The fourth-order valence-corrected chi connectivity index (χ4v) is 3.18. The lowest BCUT2D eigenvalue weighted by molar-refractivity contribution is -0.380. The molecule has 0 aliphatic heterocycles. The SMILES string of the molecule is N#CC1(NC(=O)COC(=O)c2ccc([N+](=O)[O-])s2)CCCCC1. The number of ether oxygens (including phenoxy) is 1. The molecule has 122 valence electrons. The number of nitriles is 1. The minimum atomic E-state index is -0.885. The second-order valence-corrected chi connectivity index (χ2v) is 6.34. The Balaban J connectivity index is 1.87. The summed E-state index contributed by atoms with van der Waals surface area (Å²) in [4.78, 5) is 33.6. The summed E-state index contributed by atoms with van der Waals surface area (Å²) in [5.41, 5.74) is -0.885. The van der Waals surface area contributed by atoms with Gasteiger partial charge < -0.3 is 10.1 Å². The largest absolute Gasteiger partial charge is 0.451 e. The molecule has 1 aromatic heterocycles. The van der Waals surface area contributed by atoms with Gasteiger partial charge in [-0.3, -0.25) is 14.9 Å². The van der Waals surface area contributed by atoms with Crippen molar-refractivity contribution in [3.63, 3.8) is 0 Å². The van der Waals surface area contributed by atoms with Crippen molar-refractivity contribution in [3.8, 4) is 6.07 Å². The van der Waals surface area contributed by atoms with Gasteiger partial charge in [-0.2, -0.15) is 5.26 Å². The van der Waals surface area contributed by atoms with Gasteiger partial charge in [-0.1, -0.05) is 30.6 Å². The zero-order valence-electron chi connectivity index (χ0n) is 12.2. The van der Waals surface area contributed by atoms with Crippen molar-refractivity contribution in [2.75, 3.05) is 6.61 Å². The fraction of sp³-hybridized carbons (Fsp3) is 0.500. The van der Waals surface area contributed by atoms with Crippen molar-refractivity contribution in [1.29, 1.82) is 5.26 Å². The second-order valence-electron chi connectivity index (χ2n) is 5.27. The molecule has 1 aliphatic carbocycles. The highest BCUT2D eigenvalue weighted by molar-refractivity contribution is 7.17. The van der Waals surface area contributed by atoms with E-state index in [1.807, 2.05) is 0 Å². The van der Waals surface area contributed by atoms with E-state index in [2.05, 4.69) is 11.4 Å². The van der Waals surface area contributed by atoms with Crippen LogP contribution < -0.4 is 5.32 Å². The first-order valence-electron chi connectivity index (χ1n) is 7.09. The zero-order chi connectivity index (χ0) is 16.9. The van der Waals surface area contributed by atoms with Crippen LogP contribution in [-0.4, -0.2) is 28.9 Å². The lowest BCUT2D eigenvalue weighted by atomic mass is 9.83. The highest BCUT2D eigenvalue weighted by atomic mass is 32.1. The van der Waals surface area contributed by atoms with Gasteiger partial charge in [0, 0.05) is 6.07 Å². The van der Waals surface area contributed by atoms with Crippen LogP contribution in [0.25, 0.3) is 0 Å². The summed E-state index contributed by atoms with van der Waals surface area (Å²) in [6.45, 7) is -0.520. The van der Waals surface area contributed by atoms with Gasteiger partial charge in [-0.05, 0) is 18.9 Å². The average molecular weight is 337 g/mol. The number of nitrogens with one attached hydrogen (secondary N) is 1. The van der Waals surface area contributed by atoms with Crippen LogP contribution in [0.2, 0.25) is 0 Å². The van der Waals surface area contributed by atoms with E-state index in [0.29, 0.717) is 24.2 Å². The molecule has 8 nitrogen and oxygen atoms in total. The van der Waals surface area contributed by atoms with E-state index in [-0.39, 0.29) is 9.88 Å². The summed E-state index contributed by atoms with van der Waals surface area (Å²) < 4.78 is 4.84. The molecule has 0 bridgehead atoms. The molecule has 23 heavy (non-hydrogen) atoms. The molecule has 1 N–H and O–H groups in total. The fourth-order valence-electron chi connectivity index (χ4n) is 2.46. The van der Waals surface area contributed by atoms with Gasteiger partial charge in [-0.25, -0.2) is 4.79 Å². The zero-order valence-corrected chi connectivity index (χ0v) is 13.1. The molecule has 1 heterocycles. The maximum absolute atomic E-state index is 11.9. The van der Waals surface area contributed by atoms with E-state index in [1.54, 1.807) is 0 Å². The summed E-state index contributed by atoms with van der Waals surface area (Å²) in [7, 11) is 0. The summed E-state index contributed by atoms with van der Waals surface area (Å²) >= 11 is 0.682. The molecule has 0 saturated heterocycles. The highest BCUT2D eigenvalue weighted by Gasteiger charge is 2.33. The molecule has 0 aromatic carbocycles. The van der Waals surface area contributed by atoms with Crippen LogP contribution in [0, 0.1) is 21.4 Å². The number of nitro groups is 1. The van der Waals surface area contributed by atoms with Gasteiger partial charge in [0.25, 0.3) is 5.91 Å². The third-order valence-electron chi connectivity index (χ3n) is 3.61. The quantitative estimate of drug-likeness (QED) is 0.499. The number of amides is 1. The molecule has 1 saturated carbocycles. The number of carbonyl (C=O) groups is 2. The third kappa shape index (κ3) is 4.26. The lowest BCUT2D eigenvalue weighted by Gasteiger charge is -2.31. The average Bonchev–Trinajstić information content (AvgIpc) is 3.04. The Morgan fingerprint density at radius 3 is 2.65 bits per heavy atom. The minimum Gasteiger partial charge on any atom is -0.451 e. The van der Waals surface area contributed by atoms with Gasteiger partial charge in [0.1, 0.15) is 10.4 Å². The number of hydrogen-bond acceptors (Lipinski definition) is 7. The number of esters is 1. The van der Waals surface area contributed by atoms with Crippen LogP contribution in [0.5, 0.6) is 0 Å². The minimum absolute atomic E-state index is 0.0529. The van der Waals surface area contributed by atoms with Crippen molar-refractivity contribution in [2.45, 2.75) is 37.6 Å². The number of hydrogen-bond donors (Lipinski definition) is 1. The topological polar surface area (TPSA) is 122 Å². The van der Waals surface area contributed by atoms with Crippen LogP contribution in [0.15, 0.2) is 12.1 Å². The maximum atomic E-state index is 11.9. The monoisotopic (exact) mass is 337 g/mol. The number of carbonyl (C=O) groups excluding carboxylic acids is 2. The first-order chi connectivity index (χ1) is 11.0. The van der Waals surface area contributed by atoms with Crippen LogP contribution in [0.4, 0.5) is 5.00 Å². The molecular formula is C14H15N3O5S. The van der Waals surface area contributed by atoms with Crippen LogP contribution in [0.1, 0.15) is 41.8 Å². The first-order valence-corrected chi connectivity index (χ1v) is 7.91. The van der Waals surface area contributed by atoms with Gasteiger partial charge in [0.05, 0.1) is 11.0 Å². The molecule has 9 heteroatoms. The van der Waals surface area contributed by atoms with Crippen molar-refractivity contribution in [3.05, 3.63) is 27.1 Å². The molecule has 0 unspecified atom stereocenters. The van der Waals surface area contributed by atoms with E-state index >= 15 is 0 Å². The summed E-state index contributed by atoms with van der Waals surface area (Å²) in [6.07, 6.45) is 3.94. The second kappa shape index (κ2) is 7.19. The lowest BCUT2D eigenvalue weighted by Crippen LogP contribution is -2.50. The molecule has 0 radical (unpaired) electrons. The predicted octanol–water partition coefficient (Wildman–Crippen LogP) is 2.16. The van der Waals surface area contributed by atoms with Gasteiger partial charge in [-0.15, -0.1) is 0 Å². The van der Waals surface area contributed by atoms with Gasteiger partial charge in [0.2, 0.25) is 0 Å². The smallest absolute Gasteiger partial charge is 0.349 e. The van der Waals surface area contributed by atoms with E-state index in [4.69, 9.17) is 4.74 Å². The Morgan fingerprint density at radius 1 is 1.39 bits per heavy atom. The first kappa shape index (κ1) is 16.9. The Hall–Kier alpha value is -2.47. The Bertz CT molecular complexity index is 658. The van der Waals surface area contributed by atoms with Crippen LogP contribution in [0.3, 0.4) is 0 Å². The van der Waals surface area contributed by atoms with E-state index in [0.717, 1.165) is 19.3 Å². The van der Waals surface area contributed by atoms with Gasteiger partial charge in [0.15, 0.2) is 6.61 Å². The van der Waals surface area contributed by atoms with E-state index in [1.165, 1.54) is 12.1 Å². The van der Waals surface area contributed by atoms with Gasteiger partial charge >= 0.3 is 11.0 Å². The molecule has 1 amide bonds. The summed E-state index contributed by atoms with van der Waals surface area (Å²) in [5, 5.41) is 22.3. The standard InChI is InChI=1S/C14H15N3O5S/c15-9-14(6-2-1-3-7-14)16-11(18)8-22-13(19)10-4-5-12(23-10)17(20)21/h4-5H,1-3,6-8H2,(H,16,18). The van der Waals surface area contributed by atoms with E-state index < -0.39 is 28.9 Å². The normalized spacial score (nSPS) is 16.1. The predicted molar refractivity (Wildman–Crippen MR) is 80.8 cm³/mol. The summed E-state index contributed by atoms with van der Waals surface area (Å²) in [6, 6.07) is 4.62. The van der Waals surface area contributed by atoms with Crippen molar-refractivity contribution >= 4 is 28.2 Å². The molecular weight excluding hydrogens is 322 g/mol. The number of rotatable bonds is 5. The molecule has 2 rings (SSSR count). The van der Waals surface area contributed by atoms with Crippen LogP contribution >= 0.6 is 11.3 Å². The van der Waals surface area contributed by atoms with Crippen molar-refractivity contribution in [1.82, 2.24) is 5.32 Å². The van der Waals surface area contributed by atoms with Crippen molar-refractivity contribution in [2.24, 2.45) is 0 Å². The number of nitrogens with zero attached hydrogens (tertiary/aromatic N) is 2. The highest BCUT2D eigenvalue weighted by Crippen LogP contribution is 2.27. The molecule has 0 atom stereocenters. The molecule has 1 fully saturated rings. The summed E-state index contributed by atoms with van der Waals surface area (Å²) in [5.74, 6) is -1.35. The Labute approximate surface area is 136 Å². The third-order valence-corrected chi connectivity index (χ3v) is 4.62. The Morgan fingerprint density at radius 2 is 2.09 bits per heavy atom. The number of thiophene rings is 1.